The number of nitrogen functional groups attached to an aromatic ring is 1. The van der Waals surface area contributed by atoms with Crippen LogP contribution in [0.15, 0.2) is 18.3 Å². The van der Waals surface area contributed by atoms with Crippen molar-refractivity contribution in [1.82, 2.24) is 9.88 Å². The number of amidine groups is 1. The number of anilines is 1. The van der Waals surface area contributed by atoms with Gasteiger partial charge in [0, 0.05) is 31.0 Å². The largest absolute Gasteiger partial charge is 0.382 e. The summed E-state index contributed by atoms with van der Waals surface area (Å²) in [5, 5.41) is 7.46. The summed E-state index contributed by atoms with van der Waals surface area (Å²) < 4.78 is 0. The molecule has 0 radical (unpaired) electrons. The fourth-order valence-corrected chi connectivity index (χ4v) is 2.67. The van der Waals surface area contributed by atoms with Gasteiger partial charge in [0.15, 0.2) is 0 Å². The van der Waals surface area contributed by atoms with Gasteiger partial charge in [0.2, 0.25) is 0 Å². The van der Waals surface area contributed by atoms with Crippen molar-refractivity contribution >= 4 is 11.5 Å². The summed E-state index contributed by atoms with van der Waals surface area (Å²) in [5.74, 6) is 0.0150. The zero-order valence-corrected chi connectivity index (χ0v) is 12.0. The van der Waals surface area contributed by atoms with E-state index in [0.717, 1.165) is 12.2 Å². The van der Waals surface area contributed by atoms with Crippen LogP contribution >= 0.6 is 0 Å². The molecule has 1 fully saturated rings. The molecule has 104 valence electrons. The van der Waals surface area contributed by atoms with Crippen molar-refractivity contribution in [2.75, 3.05) is 32.6 Å². The molecular formula is C14H23N5. The number of hydrogen-bond donors (Lipinski definition) is 2. The van der Waals surface area contributed by atoms with Crippen LogP contribution in [0.5, 0.6) is 0 Å². The Labute approximate surface area is 114 Å². The molecule has 0 unspecified atom stereocenters. The summed E-state index contributed by atoms with van der Waals surface area (Å²) in [7, 11) is 6.39. The van der Waals surface area contributed by atoms with Crippen LogP contribution < -0.4 is 10.6 Å². The number of nitrogens with zero attached hydrogens (tertiary/aromatic N) is 3. The van der Waals surface area contributed by atoms with E-state index in [1.807, 2.05) is 12.1 Å². The normalized spacial score (nSPS) is 17.1. The Balaban J connectivity index is 2.13. The van der Waals surface area contributed by atoms with Gasteiger partial charge >= 0.3 is 0 Å². The van der Waals surface area contributed by atoms with Crippen LogP contribution in [-0.4, -0.2) is 48.9 Å². The lowest BCUT2D eigenvalue weighted by atomic mass is 9.75. The van der Waals surface area contributed by atoms with Crippen LogP contribution in [0, 0.1) is 5.41 Å². The van der Waals surface area contributed by atoms with Gasteiger partial charge in [0.05, 0.1) is 0 Å². The maximum atomic E-state index is 7.46. The summed E-state index contributed by atoms with van der Waals surface area (Å²) in [6, 6.07) is 3.85. The molecule has 3 N–H and O–H groups in total. The van der Waals surface area contributed by atoms with Crippen molar-refractivity contribution in [3.8, 4) is 0 Å². The third-order valence-electron chi connectivity index (χ3n) is 4.22. The lowest BCUT2D eigenvalue weighted by Crippen LogP contribution is -2.56. The molecule has 5 heteroatoms. The van der Waals surface area contributed by atoms with Gasteiger partial charge in [0.25, 0.3) is 0 Å². The second kappa shape index (κ2) is 5.17. The van der Waals surface area contributed by atoms with E-state index in [9.17, 15) is 0 Å². The van der Waals surface area contributed by atoms with Gasteiger partial charge in [-0.15, -0.1) is 0 Å². The highest BCUT2D eigenvalue weighted by atomic mass is 15.2. The molecular weight excluding hydrogens is 238 g/mol. The third kappa shape index (κ3) is 2.71. The predicted molar refractivity (Wildman–Crippen MR) is 78.8 cm³/mol. The van der Waals surface area contributed by atoms with E-state index in [1.54, 1.807) is 6.20 Å². The fraction of sp³-hybridized carbons (Fsp3) is 0.571. The molecule has 5 nitrogen and oxygen atoms in total. The fourth-order valence-electron chi connectivity index (χ4n) is 2.67. The number of likely N-dealkylation sites (N-methyl/N-ethyl adjacent to an activating group) is 2. The SMILES string of the molecule is CN(CC1(N(C)C)CCC1)c1ccnc(C(=N)N)c1. The number of pyridine rings is 1. The minimum absolute atomic E-state index is 0.0150. The van der Waals surface area contributed by atoms with Crippen LogP contribution in [0.1, 0.15) is 25.0 Å². The molecule has 2 rings (SSSR count). The van der Waals surface area contributed by atoms with Gasteiger partial charge < -0.3 is 15.5 Å². The highest BCUT2D eigenvalue weighted by Gasteiger charge is 2.39. The van der Waals surface area contributed by atoms with Gasteiger partial charge in [0.1, 0.15) is 11.5 Å². The lowest BCUT2D eigenvalue weighted by molar-refractivity contribution is 0.0683. The summed E-state index contributed by atoms with van der Waals surface area (Å²) in [6.07, 6.45) is 5.51. The molecule has 0 aliphatic heterocycles. The molecule has 1 aromatic rings. The van der Waals surface area contributed by atoms with Crippen molar-refractivity contribution in [1.29, 1.82) is 5.41 Å². The van der Waals surface area contributed by atoms with Crippen molar-refractivity contribution in [3.63, 3.8) is 0 Å². The van der Waals surface area contributed by atoms with Crippen LogP contribution in [-0.2, 0) is 0 Å². The molecule has 1 aliphatic rings. The predicted octanol–water partition coefficient (Wildman–Crippen LogP) is 1.29. The first-order valence-corrected chi connectivity index (χ1v) is 6.64. The Morgan fingerprint density at radius 1 is 1.42 bits per heavy atom. The topological polar surface area (TPSA) is 69.2 Å². The Morgan fingerprint density at radius 3 is 2.58 bits per heavy atom. The van der Waals surface area contributed by atoms with E-state index < -0.39 is 0 Å². The van der Waals surface area contributed by atoms with Crippen molar-refractivity contribution < 1.29 is 0 Å². The molecule has 0 spiro atoms. The monoisotopic (exact) mass is 261 g/mol. The molecule has 0 amide bonds. The highest BCUT2D eigenvalue weighted by molar-refractivity contribution is 5.93. The molecule has 19 heavy (non-hydrogen) atoms. The summed E-state index contributed by atoms with van der Waals surface area (Å²) in [4.78, 5) is 8.66. The summed E-state index contributed by atoms with van der Waals surface area (Å²) >= 11 is 0. The standard InChI is InChI=1S/C14H23N5/c1-18(2)14(6-4-7-14)10-19(3)11-5-8-17-12(9-11)13(15)16/h5,8-9H,4,6-7,10H2,1-3H3,(H3,15,16). The Hall–Kier alpha value is -1.62. The summed E-state index contributed by atoms with van der Waals surface area (Å²) in [6.45, 7) is 0.987. The highest BCUT2D eigenvalue weighted by Crippen LogP contribution is 2.37. The smallest absolute Gasteiger partial charge is 0.141 e. The van der Waals surface area contributed by atoms with Crippen LogP contribution in [0.3, 0.4) is 0 Å². The number of rotatable bonds is 5. The van der Waals surface area contributed by atoms with Gasteiger partial charge in [-0.25, -0.2) is 0 Å². The van der Waals surface area contributed by atoms with Crippen LogP contribution in [0.25, 0.3) is 0 Å². The van der Waals surface area contributed by atoms with Gasteiger partial charge in [-0.3, -0.25) is 10.4 Å². The number of hydrogen-bond acceptors (Lipinski definition) is 4. The maximum absolute atomic E-state index is 7.46. The second-order valence-corrected chi connectivity index (χ2v) is 5.64. The van der Waals surface area contributed by atoms with Crippen LogP contribution in [0.2, 0.25) is 0 Å². The third-order valence-corrected chi connectivity index (χ3v) is 4.22. The Morgan fingerprint density at radius 2 is 2.11 bits per heavy atom. The van der Waals surface area contributed by atoms with E-state index in [-0.39, 0.29) is 11.4 Å². The minimum atomic E-state index is 0.0150. The maximum Gasteiger partial charge on any atom is 0.141 e. The number of nitrogens with two attached hydrogens (primary N) is 1. The van der Waals surface area contributed by atoms with Crippen molar-refractivity contribution in [2.24, 2.45) is 5.73 Å². The first-order valence-electron chi connectivity index (χ1n) is 6.64. The van der Waals surface area contributed by atoms with E-state index in [1.165, 1.54) is 19.3 Å². The zero-order valence-electron chi connectivity index (χ0n) is 12.0. The molecule has 1 saturated carbocycles. The molecule has 0 saturated heterocycles. The molecule has 0 atom stereocenters. The first kappa shape index (κ1) is 13.8. The number of aromatic nitrogens is 1. The second-order valence-electron chi connectivity index (χ2n) is 5.64. The van der Waals surface area contributed by atoms with E-state index in [2.05, 4.69) is 35.9 Å². The molecule has 1 aromatic heterocycles. The lowest BCUT2D eigenvalue weighted by Gasteiger charge is -2.49. The average molecular weight is 261 g/mol. The van der Waals surface area contributed by atoms with Gasteiger partial charge in [-0.1, -0.05) is 0 Å². The quantitative estimate of drug-likeness (QED) is 0.619. The molecule has 0 bridgehead atoms. The average Bonchev–Trinajstić information content (AvgIpc) is 2.33. The Bertz CT molecular complexity index is 465. The summed E-state index contributed by atoms with van der Waals surface area (Å²) in [5.41, 5.74) is 7.38. The van der Waals surface area contributed by atoms with Gasteiger partial charge in [-0.05, 0) is 45.5 Å². The molecule has 1 aliphatic carbocycles. The minimum Gasteiger partial charge on any atom is -0.382 e. The van der Waals surface area contributed by atoms with Crippen molar-refractivity contribution in [2.45, 2.75) is 24.8 Å². The first-order chi connectivity index (χ1) is 8.94. The Kier molecular flexibility index (Phi) is 3.75. The zero-order chi connectivity index (χ0) is 14.0. The molecule has 1 heterocycles. The van der Waals surface area contributed by atoms with Crippen LogP contribution in [0.4, 0.5) is 5.69 Å². The number of nitrogens with one attached hydrogen (secondary N) is 1. The van der Waals surface area contributed by atoms with E-state index in [4.69, 9.17) is 11.1 Å². The molecule has 0 aromatic carbocycles. The van der Waals surface area contributed by atoms with E-state index >= 15 is 0 Å². The van der Waals surface area contributed by atoms with Gasteiger partial charge in [-0.2, -0.15) is 0 Å². The van der Waals surface area contributed by atoms with E-state index in [0.29, 0.717) is 5.69 Å². The van der Waals surface area contributed by atoms with Crippen molar-refractivity contribution in [3.05, 3.63) is 24.0 Å².